The molecule has 0 radical (unpaired) electrons. The number of ether oxygens (including phenoxy) is 2. The molecule has 1 saturated carbocycles. The largest absolute Gasteiger partial charge is 0.480 e. The second-order valence-electron chi connectivity index (χ2n) is 5.86. The van der Waals surface area contributed by atoms with Gasteiger partial charge in [-0.3, -0.25) is 9.69 Å². The van der Waals surface area contributed by atoms with Crippen molar-refractivity contribution >= 4 is 5.97 Å². The minimum absolute atomic E-state index is 0.545. The Labute approximate surface area is 114 Å². The van der Waals surface area contributed by atoms with Crippen LogP contribution in [0.4, 0.5) is 0 Å². The van der Waals surface area contributed by atoms with Crippen LogP contribution in [0.2, 0.25) is 0 Å². The second kappa shape index (κ2) is 5.38. The molecule has 110 valence electrons. The summed E-state index contributed by atoms with van der Waals surface area (Å²) in [4.78, 5) is 13.8. The molecule has 2 rings (SSSR count). The number of carbonyl (C=O) groups is 1. The first kappa shape index (κ1) is 14.8. The zero-order valence-electron chi connectivity index (χ0n) is 12.1. The number of carboxylic acid groups (broad SMARTS) is 1. The molecule has 0 aromatic heterocycles. The summed E-state index contributed by atoms with van der Waals surface area (Å²) in [5.41, 5.74) is -0.702. The van der Waals surface area contributed by atoms with E-state index in [4.69, 9.17) is 9.47 Å². The van der Waals surface area contributed by atoms with Crippen LogP contribution >= 0.6 is 0 Å². The number of aliphatic carboxylic acids is 1. The van der Waals surface area contributed by atoms with Gasteiger partial charge in [-0.15, -0.1) is 0 Å². The standard InChI is InChI=1S/C14H25NO4/c1-4-11-5-7-13(8-6-11,12(16)17)15-9-14(10-15,18-2)19-3/h11H,4-10H2,1-3H3,(H,16,17). The van der Waals surface area contributed by atoms with Crippen LogP contribution in [0.5, 0.6) is 0 Å². The van der Waals surface area contributed by atoms with Crippen molar-refractivity contribution in [3.05, 3.63) is 0 Å². The molecule has 19 heavy (non-hydrogen) atoms. The summed E-state index contributed by atoms with van der Waals surface area (Å²) in [5.74, 6) is -0.615. The van der Waals surface area contributed by atoms with Gasteiger partial charge in [0.2, 0.25) is 0 Å². The van der Waals surface area contributed by atoms with Crippen molar-refractivity contribution in [3.63, 3.8) is 0 Å². The Morgan fingerprint density at radius 2 is 1.79 bits per heavy atom. The van der Waals surface area contributed by atoms with E-state index in [1.54, 1.807) is 14.2 Å². The molecule has 5 nitrogen and oxygen atoms in total. The maximum Gasteiger partial charge on any atom is 0.324 e. The van der Waals surface area contributed by atoms with Crippen molar-refractivity contribution in [2.24, 2.45) is 5.92 Å². The topological polar surface area (TPSA) is 59.0 Å². The van der Waals surface area contributed by atoms with E-state index in [1.165, 1.54) is 0 Å². The summed E-state index contributed by atoms with van der Waals surface area (Å²) >= 11 is 0. The molecular formula is C14H25NO4. The maximum atomic E-state index is 11.8. The number of likely N-dealkylation sites (tertiary alicyclic amines) is 1. The van der Waals surface area contributed by atoms with Crippen LogP contribution in [0.3, 0.4) is 0 Å². The van der Waals surface area contributed by atoms with Gasteiger partial charge < -0.3 is 14.6 Å². The predicted octanol–water partition coefficient (Wildman–Crippen LogP) is 1.71. The highest BCUT2D eigenvalue weighted by atomic mass is 16.7. The number of nitrogens with zero attached hydrogens (tertiary/aromatic N) is 1. The van der Waals surface area contributed by atoms with E-state index >= 15 is 0 Å². The van der Waals surface area contributed by atoms with Crippen LogP contribution in [0.15, 0.2) is 0 Å². The monoisotopic (exact) mass is 271 g/mol. The number of hydrogen-bond donors (Lipinski definition) is 1. The molecule has 0 atom stereocenters. The van der Waals surface area contributed by atoms with Gasteiger partial charge in [0.15, 0.2) is 5.79 Å². The average molecular weight is 271 g/mol. The Kier molecular flexibility index (Phi) is 4.18. The fourth-order valence-electron chi connectivity index (χ4n) is 3.41. The fourth-order valence-corrected chi connectivity index (χ4v) is 3.41. The van der Waals surface area contributed by atoms with Gasteiger partial charge in [0.25, 0.3) is 0 Å². The molecule has 1 saturated heterocycles. The molecular weight excluding hydrogens is 246 g/mol. The maximum absolute atomic E-state index is 11.8. The molecule has 1 aliphatic heterocycles. The summed E-state index contributed by atoms with van der Waals surface area (Å²) < 4.78 is 10.7. The van der Waals surface area contributed by atoms with Gasteiger partial charge in [0.1, 0.15) is 5.54 Å². The Morgan fingerprint density at radius 1 is 1.26 bits per heavy atom. The molecule has 0 bridgehead atoms. The summed E-state index contributed by atoms with van der Waals surface area (Å²) in [6.07, 6.45) is 4.64. The molecule has 0 unspecified atom stereocenters. The molecule has 0 aromatic rings. The minimum Gasteiger partial charge on any atom is -0.480 e. The highest BCUT2D eigenvalue weighted by Crippen LogP contribution is 2.43. The molecule has 0 aromatic carbocycles. The van der Waals surface area contributed by atoms with Crippen LogP contribution in [-0.2, 0) is 14.3 Å². The van der Waals surface area contributed by atoms with E-state index < -0.39 is 17.3 Å². The van der Waals surface area contributed by atoms with Crippen LogP contribution in [0.1, 0.15) is 39.0 Å². The van der Waals surface area contributed by atoms with E-state index in [-0.39, 0.29) is 0 Å². The van der Waals surface area contributed by atoms with Crippen molar-refractivity contribution in [1.29, 1.82) is 0 Å². The number of rotatable bonds is 5. The summed E-state index contributed by atoms with van der Waals surface area (Å²) in [6, 6.07) is 0. The molecule has 1 N–H and O–H groups in total. The van der Waals surface area contributed by atoms with E-state index in [0.29, 0.717) is 19.0 Å². The first-order chi connectivity index (χ1) is 9.02. The molecule has 2 fully saturated rings. The van der Waals surface area contributed by atoms with Gasteiger partial charge in [-0.1, -0.05) is 13.3 Å². The van der Waals surface area contributed by atoms with Crippen molar-refractivity contribution in [2.45, 2.75) is 50.4 Å². The highest BCUT2D eigenvalue weighted by Gasteiger charge is 2.56. The quantitative estimate of drug-likeness (QED) is 0.771. The van der Waals surface area contributed by atoms with E-state index in [2.05, 4.69) is 6.92 Å². The number of carboxylic acids is 1. The predicted molar refractivity (Wildman–Crippen MR) is 70.9 cm³/mol. The second-order valence-corrected chi connectivity index (χ2v) is 5.86. The Balaban J connectivity index is 2.05. The summed E-state index contributed by atoms with van der Waals surface area (Å²) in [6.45, 7) is 3.27. The number of hydrogen-bond acceptors (Lipinski definition) is 4. The van der Waals surface area contributed by atoms with Gasteiger partial charge >= 0.3 is 5.97 Å². The summed E-state index contributed by atoms with van der Waals surface area (Å²) in [5, 5.41) is 9.68. The molecule has 1 aliphatic carbocycles. The molecule has 1 heterocycles. The van der Waals surface area contributed by atoms with Gasteiger partial charge in [-0.2, -0.15) is 0 Å². The lowest BCUT2D eigenvalue weighted by atomic mass is 9.73. The SMILES string of the molecule is CCC1CCC(C(=O)O)(N2CC(OC)(OC)C2)CC1. The third kappa shape index (κ3) is 2.39. The van der Waals surface area contributed by atoms with Crippen LogP contribution in [0, 0.1) is 5.92 Å². The molecule has 0 amide bonds. The van der Waals surface area contributed by atoms with E-state index in [9.17, 15) is 9.90 Å². The normalized spacial score (nSPS) is 34.8. The third-order valence-corrected chi connectivity index (χ3v) is 5.12. The third-order valence-electron chi connectivity index (χ3n) is 5.12. The van der Waals surface area contributed by atoms with Gasteiger partial charge in [-0.25, -0.2) is 0 Å². The first-order valence-corrected chi connectivity index (χ1v) is 7.10. The molecule has 5 heteroatoms. The van der Waals surface area contributed by atoms with E-state index in [1.807, 2.05) is 4.90 Å². The lowest BCUT2D eigenvalue weighted by Crippen LogP contribution is -2.73. The Bertz CT molecular complexity index is 324. The Hall–Kier alpha value is -0.650. The van der Waals surface area contributed by atoms with Crippen molar-refractivity contribution in [2.75, 3.05) is 27.3 Å². The first-order valence-electron chi connectivity index (χ1n) is 7.10. The summed E-state index contributed by atoms with van der Waals surface area (Å²) in [7, 11) is 3.23. The zero-order valence-corrected chi connectivity index (χ0v) is 12.1. The highest BCUT2D eigenvalue weighted by molar-refractivity contribution is 5.79. The number of methoxy groups -OCH3 is 2. The smallest absolute Gasteiger partial charge is 0.324 e. The zero-order chi connectivity index (χ0) is 14.1. The lowest BCUT2D eigenvalue weighted by Gasteiger charge is -2.56. The van der Waals surface area contributed by atoms with Crippen LogP contribution < -0.4 is 0 Å². The Morgan fingerprint density at radius 3 is 2.16 bits per heavy atom. The molecule has 0 spiro atoms. The van der Waals surface area contributed by atoms with E-state index in [0.717, 1.165) is 32.1 Å². The van der Waals surface area contributed by atoms with Gasteiger partial charge in [0, 0.05) is 14.2 Å². The van der Waals surface area contributed by atoms with Crippen molar-refractivity contribution in [3.8, 4) is 0 Å². The van der Waals surface area contributed by atoms with Crippen LogP contribution in [0.25, 0.3) is 0 Å². The fraction of sp³-hybridized carbons (Fsp3) is 0.929. The van der Waals surface area contributed by atoms with Gasteiger partial charge in [-0.05, 0) is 31.6 Å². The van der Waals surface area contributed by atoms with Crippen LogP contribution in [-0.4, -0.2) is 54.6 Å². The minimum atomic E-state index is -0.702. The average Bonchev–Trinajstić information content (AvgIpc) is 2.39. The molecule has 2 aliphatic rings. The lowest BCUT2D eigenvalue weighted by molar-refractivity contribution is -0.294. The van der Waals surface area contributed by atoms with Crippen molar-refractivity contribution < 1.29 is 19.4 Å². The van der Waals surface area contributed by atoms with Crippen molar-refractivity contribution in [1.82, 2.24) is 4.90 Å². The van der Waals surface area contributed by atoms with Gasteiger partial charge in [0.05, 0.1) is 13.1 Å².